The molecule has 0 saturated carbocycles. The first-order chi connectivity index (χ1) is 7.73. The predicted octanol–water partition coefficient (Wildman–Crippen LogP) is 3.45. The van der Waals surface area contributed by atoms with Crippen LogP contribution in [0.15, 0.2) is 0 Å². The van der Waals surface area contributed by atoms with Crippen molar-refractivity contribution in [2.24, 2.45) is 0 Å². The highest BCUT2D eigenvalue weighted by Gasteiger charge is 2.49. The minimum atomic E-state index is -2.72. The third-order valence-electron chi connectivity index (χ3n) is 1.99. The van der Waals surface area contributed by atoms with Crippen LogP contribution in [0.4, 0.5) is 0 Å². The molecule has 0 aliphatic rings. The Morgan fingerprint density at radius 3 is 1.29 bits per heavy atom. The molecule has 17 heavy (non-hydrogen) atoms. The summed E-state index contributed by atoms with van der Waals surface area (Å²) >= 11 is 4.62. The molecule has 0 amide bonds. The predicted molar refractivity (Wildman–Crippen MR) is 77.5 cm³/mol. The Bertz CT molecular complexity index is 183. The van der Waals surface area contributed by atoms with Crippen LogP contribution in [0, 0.1) is 0 Å². The second kappa shape index (κ2) is 7.79. The van der Waals surface area contributed by atoms with Crippen LogP contribution in [0.1, 0.15) is 54.9 Å². The van der Waals surface area contributed by atoms with Gasteiger partial charge in [0.15, 0.2) is 0 Å². The Morgan fingerprint density at radius 1 is 0.824 bits per heavy atom. The fraction of sp³-hybridized carbons (Fsp3) is 1.00. The summed E-state index contributed by atoms with van der Waals surface area (Å²) in [5, 5.41) is 0. The molecule has 1 atom stereocenters. The van der Waals surface area contributed by atoms with E-state index in [-0.39, 0.29) is 23.2 Å². The topological polar surface area (TPSA) is 27.7 Å². The number of hydrogen-bond acceptors (Lipinski definition) is 4. The third kappa shape index (κ3) is 6.24. The van der Waals surface area contributed by atoms with Gasteiger partial charge in [-0.25, -0.2) is 0 Å². The van der Waals surface area contributed by atoms with E-state index in [0.717, 1.165) is 6.42 Å². The van der Waals surface area contributed by atoms with Gasteiger partial charge in [0.05, 0.1) is 4.87 Å². The second-order valence-electron chi connectivity index (χ2n) is 5.03. The smallest absolute Gasteiger partial charge is 0.370 e. The molecular formula is C12H28O3SSi. The van der Waals surface area contributed by atoms with Crippen molar-refractivity contribution in [1.29, 1.82) is 0 Å². The van der Waals surface area contributed by atoms with E-state index in [1.54, 1.807) is 0 Å². The lowest BCUT2D eigenvalue weighted by atomic mass is 10.5. The Kier molecular flexibility index (Phi) is 7.99. The highest BCUT2D eigenvalue weighted by molar-refractivity contribution is 7.83. The lowest BCUT2D eigenvalue weighted by Crippen LogP contribution is -2.57. The first-order valence-electron chi connectivity index (χ1n) is 6.45. The summed E-state index contributed by atoms with van der Waals surface area (Å²) in [4.78, 5) is 0.0229. The third-order valence-corrected chi connectivity index (χ3v) is 6.93. The highest BCUT2D eigenvalue weighted by Crippen LogP contribution is 2.26. The molecule has 0 aliphatic carbocycles. The fourth-order valence-corrected chi connectivity index (χ4v) is 5.21. The van der Waals surface area contributed by atoms with Gasteiger partial charge in [-0.1, -0.05) is 6.92 Å². The van der Waals surface area contributed by atoms with E-state index in [4.69, 9.17) is 13.3 Å². The molecule has 104 valence electrons. The number of rotatable bonds is 8. The summed E-state index contributed by atoms with van der Waals surface area (Å²) in [6, 6.07) is 0. The standard InChI is InChI=1S/C12H28O3SSi/c1-8-12(16)17(13-9(2)3,14-10(4)5)15-11(6)7/h9-12,16H,8H2,1-7H3. The molecule has 0 aliphatic heterocycles. The van der Waals surface area contributed by atoms with Gasteiger partial charge < -0.3 is 13.3 Å². The van der Waals surface area contributed by atoms with Crippen LogP contribution < -0.4 is 0 Å². The second-order valence-corrected chi connectivity index (χ2v) is 8.75. The monoisotopic (exact) mass is 280 g/mol. The maximum Gasteiger partial charge on any atom is 0.515 e. The average molecular weight is 281 g/mol. The van der Waals surface area contributed by atoms with Crippen LogP contribution in [0.5, 0.6) is 0 Å². The summed E-state index contributed by atoms with van der Waals surface area (Å²) in [6.07, 6.45) is 1.13. The van der Waals surface area contributed by atoms with E-state index >= 15 is 0 Å². The van der Waals surface area contributed by atoms with E-state index < -0.39 is 8.80 Å². The maximum atomic E-state index is 6.03. The van der Waals surface area contributed by atoms with Crippen LogP contribution in [0.3, 0.4) is 0 Å². The SMILES string of the molecule is CCC(S)[Si](OC(C)C)(OC(C)C)OC(C)C. The zero-order valence-electron chi connectivity index (χ0n) is 12.2. The molecule has 0 rings (SSSR count). The first kappa shape index (κ1) is 17.4. The molecule has 0 aromatic carbocycles. The molecule has 5 heteroatoms. The quantitative estimate of drug-likeness (QED) is 0.545. The van der Waals surface area contributed by atoms with E-state index in [2.05, 4.69) is 19.6 Å². The van der Waals surface area contributed by atoms with Crippen LogP contribution in [-0.2, 0) is 13.3 Å². The molecule has 0 saturated heterocycles. The minimum absolute atomic E-state index is 0.0229. The van der Waals surface area contributed by atoms with Crippen LogP contribution in [-0.4, -0.2) is 32.0 Å². The van der Waals surface area contributed by atoms with Gasteiger partial charge >= 0.3 is 8.80 Å². The summed E-state index contributed by atoms with van der Waals surface area (Å²) in [5.41, 5.74) is 0. The summed E-state index contributed by atoms with van der Waals surface area (Å²) in [6.45, 7) is 14.1. The van der Waals surface area contributed by atoms with E-state index in [1.807, 2.05) is 41.5 Å². The van der Waals surface area contributed by atoms with Gasteiger partial charge in [-0.3, -0.25) is 0 Å². The molecule has 0 spiro atoms. The van der Waals surface area contributed by atoms with Crippen molar-refractivity contribution in [1.82, 2.24) is 0 Å². The van der Waals surface area contributed by atoms with E-state index in [1.165, 1.54) is 0 Å². The van der Waals surface area contributed by atoms with Crippen molar-refractivity contribution in [3.8, 4) is 0 Å². The van der Waals surface area contributed by atoms with Gasteiger partial charge in [-0.05, 0) is 48.0 Å². The normalized spacial score (nSPS) is 15.0. The maximum absolute atomic E-state index is 6.03. The Balaban J connectivity index is 5.04. The van der Waals surface area contributed by atoms with Gasteiger partial charge in [0, 0.05) is 18.3 Å². The zero-order valence-corrected chi connectivity index (χ0v) is 14.1. The van der Waals surface area contributed by atoms with Gasteiger partial charge in [-0.2, -0.15) is 12.6 Å². The van der Waals surface area contributed by atoms with Crippen molar-refractivity contribution in [3.05, 3.63) is 0 Å². The first-order valence-corrected chi connectivity index (χ1v) is 8.76. The summed E-state index contributed by atoms with van der Waals surface area (Å²) in [5.74, 6) is 0. The molecule has 0 bridgehead atoms. The van der Waals surface area contributed by atoms with Crippen molar-refractivity contribution in [2.45, 2.75) is 78.1 Å². The largest absolute Gasteiger partial charge is 0.515 e. The molecule has 1 unspecified atom stereocenters. The molecule has 0 fully saturated rings. The fourth-order valence-electron chi connectivity index (χ4n) is 1.55. The lowest BCUT2D eigenvalue weighted by molar-refractivity contribution is 0.00168. The van der Waals surface area contributed by atoms with Crippen LogP contribution in [0.2, 0.25) is 0 Å². The Hall–Kier alpha value is 0.447. The van der Waals surface area contributed by atoms with Crippen LogP contribution in [0.25, 0.3) is 0 Å². The number of thiol groups is 1. The van der Waals surface area contributed by atoms with Crippen molar-refractivity contribution >= 4 is 21.4 Å². The Morgan fingerprint density at radius 2 is 1.12 bits per heavy atom. The van der Waals surface area contributed by atoms with Crippen LogP contribution >= 0.6 is 12.6 Å². The molecular weight excluding hydrogens is 252 g/mol. The van der Waals surface area contributed by atoms with Crippen molar-refractivity contribution in [2.75, 3.05) is 0 Å². The lowest BCUT2D eigenvalue weighted by Gasteiger charge is -2.37. The Labute approximate surface area is 113 Å². The summed E-state index contributed by atoms with van der Waals surface area (Å²) in [7, 11) is -2.72. The molecule has 0 heterocycles. The van der Waals surface area contributed by atoms with E-state index in [0.29, 0.717) is 0 Å². The van der Waals surface area contributed by atoms with Crippen molar-refractivity contribution < 1.29 is 13.3 Å². The van der Waals surface area contributed by atoms with Gasteiger partial charge in [0.2, 0.25) is 0 Å². The van der Waals surface area contributed by atoms with Gasteiger partial charge in [-0.15, -0.1) is 0 Å². The molecule has 0 aromatic heterocycles. The van der Waals surface area contributed by atoms with E-state index in [9.17, 15) is 0 Å². The molecule has 3 nitrogen and oxygen atoms in total. The number of hydrogen-bond donors (Lipinski definition) is 1. The highest BCUT2D eigenvalue weighted by atomic mass is 32.1. The average Bonchev–Trinajstić information content (AvgIpc) is 2.12. The van der Waals surface area contributed by atoms with Gasteiger partial charge in [0.25, 0.3) is 0 Å². The molecule has 0 radical (unpaired) electrons. The van der Waals surface area contributed by atoms with Crippen molar-refractivity contribution in [3.63, 3.8) is 0 Å². The molecule has 0 N–H and O–H groups in total. The minimum Gasteiger partial charge on any atom is -0.370 e. The molecule has 0 aromatic rings. The zero-order chi connectivity index (χ0) is 13.6. The summed E-state index contributed by atoms with van der Waals surface area (Å²) < 4.78 is 18.1. The van der Waals surface area contributed by atoms with Gasteiger partial charge in [0.1, 0.15) is 0 Å².